The molecule has 0 unspecified atom stereocenters. The fourth-order valence-corrected chi connectivity index (χ4v) is 2.97. The SMILES string of the molecule is Clc1nc(Cl)c(/C=C/Sc2ccccc2Cl)c(Cl)n1. The molecule has 0 saturated carbocycles. The van der Waals surface area contributed by atoms with Gasteiger partial charge in [0, 0.05) is 10.5 Å². The zero-order valence-corrected chi connectivity index (χ0v) is 13.1. The van der Waals surface area contributed by atoms with Gasteiger partial charge in [-0.2, -0.15) is 0 Å². The Labute approximate surface area is 134 Å². The first kappa shape index (κ1) is 14.9. The average molecular weight is 352 g/mol. The first-order chi connectivity index (χ1) is 9.08. The summed E-state index contributed by atoms with van der Waals surface area (Å²) < 4.78 is 0. The van der Waals surface area contributed by atoms with E-state index in [9.17, 15) is 0 Å². The average Bonchev–Trinajstić information content (AvgIpc) is 2.34. The molecule has 0 N–H and O–H groups in total. The predicted octanol–water partition coefficient (Wildman–Crippen LogP) is 5.85. The fraction of sp³-hybridized carbons (Fsp3) is 0. The Morgan fingerprint density at radius 1 is 0.947 bits per heavy atom. The van der Waals surface area contributed by atoms with Crippen molar-refractivity contribution in [3.8, 4) is 0 Å². The van der Waals surface area contributed by atoms with E-state index in [1.165, 1.54) is 11.8 Å². The molecule has 0 fully saturated rings. The van der Waals surface area contributed by atoms with Gasteiger partial charge in [-0.15, -0.1) is 0 Å². The molecule has 0 aliphatic heterocycles. The van der Waals surface area contributed by atoms with Crippen LogP contribution in [0.1, 0.15) is 5.56 Å². The monoisotopic (exact) mass is 350 g/mol. The van der Waals surface area contributed by atoms with Crippen LogP contribution < -0.4 is 0 Å². The number of hydrogen-bond acceptors (Lipinski definition) is 3. The van der Waals surface area contributed by atoms with Gasteiger partial charge in [0.1, 0.15) is 10.3 Å². The van der Waals surface area contributed by atoms with Gasteiger partial charge in [-0.1, -0.05) is 58.7 Å². The summed E-state index contributed by atoms with van der Waals surface area (Å²) in [6, 6.07) is 7.52. The number of hydrogen-bond donors (Lipinski definition) is 0. The smallest absolute Gasteiger partial charge is 0.205 e. The Kier molecular flexibility index (Phi) is 5.37. The molecule has 98 valence electrons. The zero-order chi connectivity index (χ0) is 13.8. The number of nitrogens with zero attached hydrogens (tertiary/aromatic N) is 2. The molecule has 0 bridgehead atoms. The maximum absolute atomic E-state index is 6.04. The largest absolute Gasteiger partial charge is 0.225 e. The van der Waals surface area contributed by atoms with Gasteiger partial charge in [-0.25, -0.2) is 9.97 Å². The van der Waals surface area contributed by atoms with E-state index in [1.807, 2.05) is 29.7 Å². The van der Waals surface area contributed by atoms with Crippen molar-refractivity contribution < 1.29 is 0 Å². The quantitative estimate of drug-likeness (QED) is 0.394. The molecule has 2 rings (SSSR count). The second-order valence-electron chi connectivity index (χ2n) is 3.34. The van der Waals surface area contributed by atoms with Gasteiger partial charge in [0.25, 0.3) is 0 Å². The molecule has 1 aromatic heterocycles. The molecule has 19 heavy (non-hydrogen) atoms. The van der Waals surface area contributed by atoms with Crippen molar-refractivity contribution in [3.63, 3.8) is 0 Å². The van der Waals surface area contributed by atoms with Crippen molar-refractivity contribution in [2.45, 2.75) is 4.90 Å². The molecule has 0 radical (unpaired) electrons. The molecule has 1 aromatic carbocycles. The van der Waals surface area contributed by atoms with E-state index in [2.05, 4.69) is 9.97 Å². The minimum absolute atomic E-state index is 0.0194. The van der Waals surface area contributed by atoms with E-state index in [0.29, 0.717) is 10.6 Å². The summed E-state index contributed by atoms with van der Waals surface area (Å²) in [6.45, 7) is 0. The van der Waals surface area contributed by atoms with Crippen LogP contribution in [0.15, 0.2) is 34.6 Å². The molecule has 0 aliphatic carbocycles. The standard InChI is InChI=1S/C12H6Cl4N2S/c13-8-3-1-2-4-9(8)19-6-5-7-10(14)17-12(16)18-11(7)15/h1-6H/b6-5+. The summed E-state index contributed by atoms with van der Waals surface area (Å²) in [4.78, 5) is 8.59. The molecule has 2 nitrogen and oxygen atoms in total. The van der Waals surface area contributed by atoms with E-state index in [4.69, 9.17) is 46.4 Å². The molecular weight excluding hydrogens is 346 g/mol. The normalized spacial score (nSPS) is 11.2. The lowest BCUT2D eigenvalue weighted by Crippen LogP contribution is -1.89. The molecule has 0 aliphatic rings. The number of thioether (sulfide) groups is 1. The first-order valence-corrected chi connectivity index (χ1v) is 7.43. The van der Waals surface area contributed by atoms with Crippen molar-refractivity contribution in [3.05, 3.63) is 55.8 Å². The Hall–Kier alpha value is -0.450. The highest BCUT2D eigenvalue weighted by atomic mass is 35.5. The third-order valence-corrected chi connectivity index (χ3v) is 4.16. The third-order valence-electron chi connectivity index (χ3n) is 2.09. The number of aromatic nitrogens is 2. The van der Waals surface area contributed by atoms with Crippen molar-refractivity contribution in [1.29, 1.82) is 0 Å². The van der Waals surface area contributed by atoms with Gasteiger partial charge < -0.3 is 0 Å². The highest BCUT2D eigenvalue weighted by Crippen LogP contribution is 2.30. The van der Waals surface area contributed by atoms with Crippen LogP contribution in [-0.2, 0) is 0 Å². The minimum Gasteiger partial charge on any atom is -0.205 e. The van der Waals surface area contributed by atoms with Gasteiger partial charge in [0.2, 0.25) is 5.28 Å². The maximum atomic E-state index is 6.04. The molecule has 7 heteroatoms. The lowest BCUT2D eigenvalue weighted by Gasteiger charge is -2.01. The number of halogens is 4. The van der Waals surface area contributed by atoms with Gasteiger partial charge in [0.15, 0.2) is 0 Å². The van der Waals surface area contributed by atoms with Crippen molar-refractivity contribution in [1.82, 2.24) is 9.97 Å². The molecule has 0 saturated heterocycles. The topological polar surface area (TPSA) is 25.8 Å². The van der Waals surface area contributed by atoms with E-state index in [-0.39, 0.29) is 15.6 Å². The second kappa shape index (κ2) is 6.82. The molecule has 0 spiro atoms. The highest BCUT2D eigenvalue weighted by Gasteiger charge is 2.07. The van der Waals surface area contributed by atoms with Crippen LogP contribution >= 0.6 is 58.2 Å². The zero-order valence-electron chi connectivity index (χ0n) is 9.28. The van der Waals surface area contributed by atoms with Gasteiger partial charge in [-0.3, -0.25) is 0 Å². The third kappa shape index (κ3) is 4.01. The fourth-order valence-electron chi connectivity index (χ4n) is 1.25. The number of benzene rings is 1. The first-order valence-electron chi connectivity index (χ1n) is 5.04. The summed E-state index contributed by atoms with van der Waals surface area (Å²) in [7, 11) is 0. The molecular formula is C12H6Cl4N2S. The second-order valence-corrected chi connectivity index (χ2v) is 5.75. The predicted molar refractivity (Wildman–Crippen MR) is 83.4 cm³/mol. The van der Waals surface area contributed by atoms with Crippen LogP contribution in [-0.4, -0.2) is 9.97 Å². The Morgan fingerprint density at radius 3 is 2.21 bits per heavy atom. The van der Waals surface area contributed by atoms with Crippen molar-refractivity contribution in [2.75, 3.05) is 0 Å². The van der Waals surface area contributed by atoms with E-state index in [1.54, 1.807) is 6.08 Å². The highest BCUT2D eigenvalue weighted by molar-refractivity contribution is 8.02. The van der Waals surface area contributed by atoms with Crippen LogP contribution in [0, 0.1) is 0 Å². The molecule has 0 atom stereocenters. The van der Waals surface area contributed by atoms with E-state index < -0.39 is 0 Å². The van der Waals surface area contributed by atoms with E-state index in [0.717, 1.165) is 4.90 Å². The van der Waals surface area contributed by atoms with Gasteiger partial charge in [0.05, 0.1) is 5.02 Å². The molecule has 0 amide bonds. The van der Waals surface area contributed by atoms with Crippen LogP contribution in [0.5, 0.6) is 0 Å². The molecule has 2 aromatic rings. The Bertz CT molecular complexity index is 608. The van der Waals surface area contributed by atoms with Crippen molar-refractivity contribution >= 4 is 64.2 Å². The minimum atomic E-state index is 0.0194. The summed E-state index contributed by atoms with van der Waals surface area (Å²) >= 11 is 25.0. The summed E-state index contributed by atoms with van der Waals surface area (Å²) in [5, 5.41) is 2.93. The number of rotatable bonds is 3. The van der Waals surface area contributed by atoms with Crippen LogP contribution in [0.2, 0.25) is 20.6 Å². The lowest BCUT2D eigenvalue weighted by molar-refractivity contribution is 1.16. The van der Waals surface area contributed by atoms with Crippen LogP contribution in [0.4, 0.5) is 0 Å². The maximum Gasteiger partial charge on any atom is 0.225 e. The molecule has 1 heterocycles. The van der Waals surface area contributed by atoms with E-state index >= 15 is 0 Å². The summed E-state index contributed by atoms with van der Waals surface area (Å²) in [6.07, 6.45) is 1.72. The van der Waals surface area contributed by atoms with Gasteiger partial charge >= 0.3 is 0 Å². The Balaban J connectivity index is 2.18. The van der Waals surface area contributed by atoms with Gasteiger partial charge in [-0.05, 0) is 35.2 Å². The van der Waals surface area contributed by atoms with Crippen molar-refractivity contribution in [2.24, 2.45) is 0 Å². The summed E-state index contributed by atoms with van der Waals surface area (Å²) in [5.74, 6) is 0. The van der Waals surface area contributed by atoms with Crippen LogP contribution in [0.25, 0.3) is 6.08 Å². The summed E-state index contributed by atoms with van der Waals surface area (Å²) in [5.41, 5.74) is 0.521. The lowest BCUT2D eigenvalue weighted by atomic mass is 10.3. The Morgan fingerprint density at radius 2 is 1.58 bits per heavy atom. The van der Waals surface area contributed by atoms with Crippen LogP contribution in [0.3, 0.4) is 0 Å².